The molecule has 4 nitrogen and oxygen atoms in total. The molecule has 0 heterocycles. The zero-order chi connectivity index (χ0) is 13.3. The van der Waals surface area contributed by atoms with Crippen molar-refractivity contribution in [1.82, 2.24) is 4.72 Å². The highest BCUT2D eigenvalue weighted by molar-refractivity contribution is 8.90. The van der Waals surface area contributed by atoms with E-state index in [-0.39, 0.29) is 11.1 Å². The molecule has 1 amide bonds. The Balaban J connectivity index is 3.10. The van der Waals surface area contributed by atoms with Gasteiger partial charge in [0.25, 0.3) is 5.91 Å². The molecule has 0 unspecified atom stereocenters. The number of hydrogen-bond acceptors (Lipinski definition) is 2. The van der Waals surface area contributed by atoms with Crippen LogP contribution in [0.5, 0.6) is 0 Å². The largest absolute Gasteiger partial charge is 0.478 e. The normalized spacial score (nSPS) is 13.5. The molecule has 8 heteroatoms. The molecule has 0 saturated carbocycles. The molecule has 0 aliphatic heterocycles. The summed E-state index contributed by atoms with van der Waals surface area (Å²) in [5, 5.41) is 8.91. The molecule has 0 atom stereocenters. The van der Waals surface area contributed by atoms with Crippen molar-refractivity contribution in [3.8, 4) is 0 Å². The van der Waals surface area contributed by atoms with Crippen molar-refractivity contribution in [2.45, 2.75) is 0 Å². The van der Waals surface area contributed by atoms with E-state index < -0.39 is 18.9 Å². The highest BCUT2D eigenvalue weighted by Crippen LogP contribution is 2.76. The van der Waals surface area contributed by atoms with Crippen molar-refractivity contribution >= 4 is 50.9 Å². The van der Waals surface area contributed by atoms with Crippen LogP contribution in [0.4, 0.5) is 0 Å². The van der Waals surface area contributed by atoms with Crippen molar-refractivity contribution < 1.29 is 14.7 Å². The number of carbonyl (C=O) groups is 2. The van der Waals surface area contributed by atoms with E-state index in [4.69, 9.17) is 37.2 Å². The van der Waals surface area contributed by atoms with Crippen molar-refractivity contribution in [1.29, 1.82) is 0 Å². The van der Waals surface area contributed by atoms with Gasteiger partial charge in [-0.25, -0.2) is 4.79 Å². The van der Waals surface area contributed by atoms with E-state index in [1.807, 2.05) is 0 Å². The predicted molar refractivity (Wildman–Crippen MR) is 73.3 cm³/mol. The van der Waals surface area contributed by atoms with Crippen LogP contribution in [0.15, 0.2) is 24.3 Å². The number of carbonyl (C=O) groups excluding carboxylic acids is 1. The molecule has 0 aliphatic carbocycles. The molecular weight excluding hydrogens is 309 g/mol. The Morgan fingerprint density at radius 2 is 1.65 bits per heavy atom. The van der Waals surface area contributed by atoms with E-state index in [9.17, 15) is 9.59 Å². The molecular formula is C9H10Cl3NO3S. The van der Waals surface area contributed by atoms with Gasteiger partial charge in [-0.2, -0.15) is 0 Å². The first-order valence-electron chi connectivity index (χ1n) is 4.39. The maximum atomic E-state index is 11.8. The molecule has 2 N–H and O–H groups in total. The second-order valence-electron chi connectivity index (χ2n) is 3.47. The van der Waals surface area contributed by atoms with Gasteiger partial charge in [-0.1, -0.05) is 19.1 Å². The Bertz CT molecular complexity index is 475. The fourth-order valence-corrected chi connectivity index (χ4v) is 2.39. The summed E-state index contributed by atoms with van der Waals surface area (Å²) in [6, 6.07) is 5.70. The number of rotatable bonds is 3. The van der Waals surface area contributed by atoms with E-state index in [0.717, 1.165) is 0 Å². The Morgan fingerprint density at radius 1 is 1.18 bits per heavy atom. The number of benzene rings is 1. The zero-order valence-electron chi connectivity index (χ0n) is 8.65. The predicted octanol–water partition coefficient (Wildman–Crippen LogP) is 3.19. The van der Waals surface area contributed by atoms with Gasteiger partial charge in [0.1, 0.15) is 0 Å². The lowest BCUT2D eigenvalue weighted by atomic mass is 10.1. The number of amides is 1. The Hall–Kier alpha value is -0.620. The van der Waals surface area contributed by atoms with Gasteiger partial charge >= 0.3 is 5.97 Å². The summed E-state index contributed by atoms with van der Waals surface area (Å²) in [6.45, 7) is -3.80. The first kappa shape index (κ1) is 14.4. The van der Waals surface area contributed by atoms with Gasteiger partial charge < -0.3 is 5.11 Å². The monoisotopic (exact) mass is 317 g/mol. The highest BCUT2D eigenvalue weighted by Gasteiger charge is 2.29. The molecule has 1 rings (SSSR count). The van der Waals surface area contributed by atoms with Gasteiger partial charge in [0.05, 0.1) is 11.1 Å². The van der Waals surface area contributed by atoms with Crippen LogP contribution in [0.2, 0.25) is 0 Å². The lowest BCUT2D eigenvalue weighted by Gasteiger charge is -2.39. The summed E-state index contributed by atoms with van der Waals surface area (Å²) in [4.78, 5) is 22.7. The SMILES string of the molecule is C[SH](Cl)(Cl)(Cl)NC(=O)c1ccccc1C(=O)O. The fraction of sp³-hybridized carbons (Fsp3) is 0.111. The van der Waals surface area contributed by atoms with Crippen LogP contribution < -0.4 is 4.72 Å². The molecule has 0 radical (unpaired) electrons. The van der Waals surface area contributed by atoms with Crippen molar-refractivity contribution in [2.75, 3.05) is 6.26 Å². The summed E-state index contributed by atoms with van der Waals surface area (Å²) >= 11 is 0. The van der Waals surface area contributed by atoms with Crippen molar-refractivity contribution in [3.63, 3.8) is 0 Å². The van der Waals surface area contributed by atoms with Crippen molar-refractivity contribution in [2.24, 2.45) is 0 Å². The van der Waals surface area contributed by atoms with Gasteiger partial charge in [0.15, 0.2) is 0 Å². The second kappa shape index (κ2) is 4.57. The third kappa shape index (κ3) is 4.63. The number of thiol groups is 1. The number of carboxylic acids is 1. The zero-order valence-corrected chi connectivity index (χ0v) is 11.8. The van der Waals surface area contributed by atoms with Crippen LogP contribution >= 0.6 is 39.0 Å². The Morgan fingerprint density at radius 3 is 2.06 bits per heavy atom. The van der Waals surface area contributed by atoms with E-state index in [1.54, 1.807) is 0 Å². The van der Waals surface area contributed by atoms with Gasteiger partial charge in [-0.3, -0.25) is 9.52 Å². The van der Waals surface area contributed by atoms with Crippen LogP contribution in [-0.4, -0.2) is 23.2 Å². The first-order chi connectivity index (χ1) is 7.56. The number of nitrogens with one attached hydrogen (secondary N) is 1. The van der Waals surface area contributed by atoms with Gasteiger partial charge in [-0.15, -0.1) is 0 Å². The number of halogens is 3. The molecule has 0 aliphatic rings. The minimum absolute atomic E-state index is 0.0437. The average Bonchev–Trinajstić information content (AvgIpc) is 2.13. The van der Waals surface area contributed by atoms with Crippen LogP contribution in [-0.2, 0) is 0 Å². The smallest absolute Gasteiger partial charge is 0.336 e. The third-order valence-electron chi connectivity index (χ3n) is 1.74. The molecule has 0 spiro atoms. The maximum absolute atomic E-state index is 11.8. The molecule has 0 aromatic heterocycles. The lowest BCUT2D eigenvalue weighted by Crippen LogP contribution is -2.27. The second-order valence-corrected chi connectivity index (χ2v) is 15.2. The van der Waals surface area contributed by atoms with Gasteiger partial charge in [-0.05, 0) is 50.4 Å². The van der Waals surface area contributed by atoms with Crippen LogP contribution in [0.3, 0.4) is 0 Å². The summed E-state index contributed by atoms with van der Waals surface area (Å²) in [5.74, 6) is -1.94. The molecule has 1 aromatic carbocycles. The van der Waals surface area contributed by atoms with Gasteiger partial charge in [0, 0.05) is 0 Å². The van der Waals surface area contributed by atoms with Crippen molar-refractivity contribution in [3.05, 3.63) is 35.4 Å². The minimum atomic E-state index is -3.80. The standard InChI is InChI=1S/C9H10Cl3NO3S/c1-17(10,11,12)13-8(14)6-4-2-3-5-7(6)9(15)16/h2-5,17H,1H3,(H,13,14)(H,15,16). The Kier molecular flexibility index (Phi) is 3.88. The molecule has 0 bridgehead atoms. The summed E-state index contributed by atoms with van der Waals surface area (Å²) in [6.07, 6.45) is 1.29. The van der Waals surface area contributed by atoms with Crippen LogP contribution in [0.1, 0.15) is 20.7 Å². The number of aromatic carboxylic acids is 1. The fourth-order valence-electron chi connectivity index (χ4n) is 1.14. The number of hydrogen-bond donors (Lipinski definition) is 3. The van der Waals surface area contributed by atoms with E-state index in [1.165, 1.54) is 30.5 Å². The molecule has 0 fully saturated rings. The van der Waals surface area contributed by atoms with Crippen LogP contribution in [0.25, 0.3) is 0 Å². The lowest BCUT2D eigenvalue weighted by molar-refractivity contribution is 0.0691. The summed E-state index contributed by atoms with van der Waals surface area (Å²) in [7, 11) is 17.2. The van der Waals surface area contributed by atoms with E-state index in [0.29, 0.717) is 0 Å². The maximum Gasteiger partial charge on any atom is 0.336 e. The van der Waals surface area contributed by atoms with Gasteiger partial charge in [0.2, 0.25) is 0 Å². The third-order valence-corrected chi connectivity index (χ3v) is 3.18. The van der Waals surface area contributed by atoms with E-state index in [2.05, 4.69) is 4.72 Å². The Labute approximate surface area is 112 Å². The highest BCUT2D eigenvalue weighted by atomic mass is 36.2. The summed E-state index contributed by atoms with van der Waals surface area (Å²) < 4.78 is 2.23. The molecule has 17 heavy (non-hydrogen) atoms. The topological polar surface area (TPSA) is 66.4 Å². The van der Waals surface area contributed by atoms with E-state index >= 15 is 0 Å². The average molecular weight is 319 g/mol. The quantitative estimate of drug-likeness (QED) is 0.750. The molecule has 0 saturated heterocycles. The molecule has 1 aromatic rings. The number of carboxylic acid groups (broad SMARTS) is 1. The van der Waals surface area contributed by atoms with Crippen LogP contribution in [0, 0.1) is 0 Å². The molecule has 96 valence electrons. The first-order valence-corrected chi connectivity index (χ1v) is 9.79. The minimum Gasteiger partial charge on any atom is -0.478 e. The summed E-state index contributed by atoms with van der Waals surface area (Å²) in [5.41, 5.74) is -0.187.